The normalized spacial score (nSPS) is 18.9. The molecule has 0 aliphatic heterocycles. The molecule has 0 bridgehead atoms. The van der Waals surface area contributed by atoms with E-state index in [0.717, 1.165) is 42.4 Å². The predicted molar refractivity (Wildman–Crippen MR) is 110 cm³/mol. The van der Waals surface area contributed by atoms with Crippen LogP contribution in [0.25, 0.3) is 6.08 Å². The smallest absolute Gasteiger partial charge is 0.312 e. The van der Waals surface area contributed by atoms with Gasteiger partial charge in [0.1, 0.15) is 0 Å². The van der Waals surface area contributed by atoms with E-state index in [1.54, 1.807) is 0 Å². The van der Waals surface area contributed by atoms with Gasteiger partial charge in [0, 0.05) is 18.6 Å². The molecule has 1 unspecified atom stereocenters. The summed E-state index contributed by atoms with van der Waals surface area (Å²) in [5.41, 5.74) is 2.28. The summed E-state index contributed by atoms with van der Waals surface area (Å²) in [6.07, 6.45) is 5.02. The maximum absolute atomic E-state index is 12.4. The molecule has 2 rings (SSSR count). The lowest BCUT2D eigenvalue weighted by molar-refractivity contribution is -0.154. The van der Waals surface area contributed by atoms with Crippen molar-refractivity contribution in [2.24, 2.45) is 5.41 Å². The lowest BCUT2D eigenvalue weighted by atomic mass is 9.96. The number of hydrogen-bond acceptors (Lipinski definition) is 3. The van der Waals surface area contributed by atoms with Gasteiger partial charge in [-0.3, -0.25) is 4.79 Å². The van der Waals surface area contributed by atoms with Crippen LogP contribution in [-0.4, -0.2) is 12.1 Å². The maximum atomic E-state index is 12.4. The third-order valence-corrected chi connectivity index (χ3v) is 4.32. The van der Waals surface area contributed by atoms with Crippen LogP contribution in [-0.2, 0) is 15.3 Å². The van der Waals surface area contributed by atoms with Crippen LogP contribution in [0.2, 0.25) is 0 Å². The molecular weight excluding hydrogens is 340 g/mol. The molecule has 136 valence electrons. The van der Waals surface area contributed by atoms with Crippen LogP contribution in [0.1, 0.15) is 57.6 Å². The highest BCUT2D eigenvalue weighted by atomic mass is 32.1. The van der Waals surface area contributed by atoms with Crippen LogP contribution in [0, 0.1) is 29.1 Å². The summed E-state index contributed by atoms with van der Waals surface area (Å²) in [4.78, 5) is 12.4. The topological polar surface area (TPSA) is 26.3 Å². The second-order valence-corrected chi connectivity index (χ2v) is 7.64. The summed E-state index contributed by atoms with van der Waals surface area (Å²) in [5.74, 6) is 13.0. The fraction of sp³-hybridized carbons (Fsp3) is 0.435. The third-order valence-electron chi connectivity index (χ3n) is 3.98. The zero-order chi connectivity index (χ0) is 19.0. The number of benzene rings is 1. The standard InChI is InChI=1S/C23H26O2S/c1-23(2,3)22(24)25-21-15-9-7-5-4-6-8-13-19(21)16-18-12-10-11-14-20(18)17-26/h10-12,14,16,21,26H,4-7,17H2,1-3H3. The van der Waals surface area contributed by atoms with Crippen LogP contribution in [0.4, 0.5) is 0 Å². The average molecular weight is 367 g/mol. The summed E-state index contributed by atoms with van der Waals surface area (Å²) < 4.78 is 5.74. The molecule has 0 saturated heterocycles. The zero-order valence-corrected chi connectivity index (χ0v) is 16.7. The number of thiol groups is 1. The lowest BCUT2D eigenvalue weighted by Gasteiger charge is -2.21. The molecular formula is C23H26O2S. The summed E-state index contributed by atoms with van der Waals surface area (Å²) >= 11 is 4.40. The Hall–Kier alpha value is -2.10. The van der Waals surface area contributed by atoms with Crippen molar-refractivity contribution in [1.82, 2.24) is 0 Å². The molecule has 0 N–H and O–H groups in total. The van der Waals surface area contributed by atoms with Gasteiger partial charge in [-0.2, -0.15) is 12.6 Å². The Kier molecular flexibility index (Phi) is 7.43. The van der Waals surface area contributed by atoms with Gasteiger partial charge in [-0.25, -0.2) is 0 Å². The van der Waals surface area contributed by atoms with Crippen LogP contribution in [0.5, 0.6) is 0 Å². The van der Waals surface area contributed by atoms with E-state index in [0.29, 0.717) is 5.75 Å². The first-order valence-electron chi connectivity index (χ1n) is 9.00. The fourth-order valence-electron chi connectivity index (χ4n) is 2.37. The van der Waals surface area contributed by atoms with Gasteiger partial charge in [-0.05, 0) is 50.8 Å². The Balaban J connectivity index is 2.45. The summed E-state index contributed by atoms with van der Waals surface area (Å²) in [7, 11) is 0. The van der Waals surface area contributed by atoms with E-state index in [1.807, 2.05) is 51.1 Å². The monoisotopic (exact) mass is 366 g/mol. The molecule has 2 nitrogen and oxygen atoms in total. The van der Waals surface area contributed by atoms with Crippen LogP contribution in [0.3, 0.4) is 0 Å². The zero-order valence-electron chi connectivity index (χ0n) is 15.8. The Labute approximate surface area is 162 Å². The number of carbonyl (C=O) groups excluding carboxylic acids is 1. The van der Waals surface area contributed by atoms with Gasteiger partial charge < -0.3 is 4.74 Å². The van der Waals surface area contributed by atoms with Gasteiger partial charge in [0.05, 0.1) is 11.0 Å². The highest BCUT2D eigenvalue weighted by Gasteiger charge is 2.27. The van der Waals surface area contributed by atoms with Crippen LogP contribution >= 0.6 is 12.6 Å². The van der Waals surface area contributed by atoms with Crippen molar-refractivity contribution in [3.8, 4) is 23.7 Å². The molecule has 0 spiro atoms. The third kappa shape index (κ3) is 6.01. The number of ether oxygens (including phenoxy) is 1. The summed E-state index contributed by atoms with van der Waals surface area (Å²) in [6, 6.07) is 8.03. The van der Waals surface area contributed by atoms with E-state index in [2.05, 4.69) is 36.3 Å². The van der Waals surface area contributed by atoms with Gasteiger partial charge in [-0.1, -0.05) is 47.9 Å². The number of esters is 1. The van der Waals surface area contributed by atoms with Crippen molar-refractivity contribution in [3.05, 3.63) is 41.0 Å². The lowest BCUT2D eigenvalue weighted by Crippen LogP contribution is -2.28. The predicted octanol–water partition coefficient (Wildman–Crippen LogP) is 5.04. The molecule has 1 aromatic carbocycles. The van der Waals surface area contributed by atoms with Crippen molar-refractivity contribution < 1.29 is 9.53 Å². The van der Waals surface area contributed by atoms with E-state index >= 15 is 0 Å². The Bertz CT molecular complexity index is 791. The minimum atomic E-state index is -0.639. The van der Waals surface area contributed by atoms with Crippen LogP contribution in [0.15, 0.2) is 29.8 Å². The molecule has 0 heterocycles. The first-order valence-corrected chi connectivity index (χ1v) is 9.64. The Morgan fingerprint density at radius 2 is 1.92 bits per heavy atom. The SMILES string of the molecule is CC(C)(C)C(=O)OC1C#CCCCCC#CC1=Cc1ccccc1CS. The molecule has 1 aliphatic rings. The molecule has 1 atom stereocenters. The molecule has 1 aromatic rings. The van der Waals surface area contributed by atoms with Gasteiger partial charge in [-0.15, -0.1) is 0 Å². The van der Waals surface area contributed by atoms with E-state index < -0.39 is 11.5 Å². The van der Waals surface area contributed by atoms with Crippen LogP contribution < -0.4 is 0 Å². The van der Waals surface area contributed by atoms with Crippen molar-refractivity contribution >= 4 is 24.7 Å². The first kappa shape index (κ1) is 20.2. The quantitative estimate of drug-likeness (QED) is 0.461. The largest absolute Gasteiger partial charge is 0.443 e. The molecule has 26 heavy (non-hydrogen) atoms. The molecule has 1 aliphatic carbocycles. The van der Waals surface area contributed by atoms with E-state index in [1.165, 1.54) is 0 Å². The first-order chi connectivity index (χ1) is 12.4. The highest BCUT2D eigenvalue weighted by molar-refractivity contribution is 7.79. The van der Waals surface area contributed by atoms with E-state index in [-0.39, 0.29) is 5.97 Å². The molecule has 0 saturated carbocycles. The fourth-order valence-corrected chi connectivity index (χ4v) is 2.66. The summed E-state index contributed by atoms with van der Waals surface area (Å²) in [6.45, 7) is 5.52. The van der Waals surface area contributed by atoms with Gasteiger partial charge in [0.2, 0.25) is 0 Å². The molecule has 0 fully saturated rings. The van der Waals surface area contributed by atoms with Crippen molar-refractivity contribution in [1.29, 1.82) is 0 Å². The number of hydrogen-bond donors (Lipinski definition) is 1. The highest BCUT2D eigenvalue weighted by Crippen LogP contribution is 2.22. The van der Waals surface area contributed by atoms with Crippen molar-refractivity contribution in [2.45, 2.75) is 58.3 Å². The van der Waals surface area contributed by atoms with Crippen molar-refractivity contribution in [2.75, 3.05) is 0 Å². The Morgan fingerprint density at radius 3 is 2.62 bits per heavy atom. The molecule has 0 radical (unpaired) electrons. The second kappa shape index (κ2) is 9.56. The summed E-state index contributed by atoms with van der Waals surface area (Å²) in [5, 5.41) is 0. The minimum Gasteiger partial charge on any atom is -0.443 e. The molecule has 3 heteroatoms. The van der Waals surface area contributed by atoms with E-state index in [4.69, 9.17) is 4.74 Å². The van der Waals surface area contributed by atoms with Crippen molar-refractivity contribution in [3.63, 3.8) is 0 Å². The van der Waals surface area contributed by atoms with Gasteiger partial charge >= 0.3 is 5.97 Å². The van der Waals surface area contributed by atoms with Gasteiger partial charge in [0.15, 0.2) is 6.10 Å². The average Bonchev–Trinajstić information content (AvgIpc) is 2.61. The maximum Gasteiger partial charge on any atom is 0.312 e. The number of carbonyl (C=O) groups is 1. The Morgan fingerprint density at radius 1 is 1.23 bits per heavy atom. The van der Waals surface area contributed by atoms with Gasteiger partial charge in [0.25, 0.3) is 0 Å². The molecule has 0 aromatic heterocycles. The minimum absolute atomic E-state index is 0.274. The number of rotatable bonds is 3. The second-order valence-electron chi connectivity index (χ2n) is 7.32. The molecule has 0 amide bonds. The van der Waals surface area contributed by atoms with E-state index in [9.17, 15) is 4.79 Å².